The number of anilines is 1. The molecule has 74 valence electrons. The third-order valence-corrected chi connectivity index (χ3v) is 1.95. The molecule has 2 aromatic heterocycles. The largest absolute Gasteiger partial charge is 0.465 e. The smallest absolute Gasteiger partial charge is 0.148 e. The van der Waals surface area contributed by atoms with Gasteiger partial charge in [0.1, 0.15) is 17.3 Å². The van der Waals surface area contributed by atoms with Crippen LogP contribution in [0.1, 0.15) is 11.5 Å². The van der Waals surface area contributed by atoms with Gasteiger partial charge < -0.3 is 9.73 Å². The van der Waals surface area contributed by atoms with E-state index in [0.29, 0.717) is 6.54 Å². The highest BCUT2D eigenvalue weighted by Crippen LogP contribution is 2.09. The monoisotopic (exact) mass is 191 g/mol. The predicted molar refractivity (Wildman–Crippen MR) is 54.0 cm³/mol. The molecule has 0 aliphatic rings. The number of aryl methyl sites for hydroxylation is 2. The Morgan fingerprint density at radius 3 is 2.86 bits per heavy atom. The summed E-state index contributed by atoms with van der Waals surface area (Å²) in [7, 11) is 1.89. The fraction of sp³-hybridized carbons (Fsp3) is 0.300. The number of nitrogens with one attached hydrogen (secondary N) is 1. The number of aromatic nitrogens is 2. The Morgan fingerprint density at radius 2 is 2.29 bits per heavy atom. The minimum absolute atomic E-state index is 0.671. The normalized spacial score (nSPS) is 10.4. The second kappa shape index (κ2) is 3.57. The second-order valence-corrected chi connectivity index (χ2v) is 3.24. The molecule has 4 heteroatoms. The number of furan rings is 1. The number of hydrogen-bond donors (Lipinski definition) is 1. The van der Waals surface area contributed by atoms with E-state index in [9.17, 15) is 0 Å². The van der Waals surface area contributed by atoms with E-state index in [0.717, 1.165) is 17.3 Å². The van der Waals surface area contributed by atoms with Crippen LogP contribution in [0.5, 0.6) is 0 Å². The van der Waals surface area contributed by atoms with Gasteiger partial charge in [-0.25, -0.2) is 0 Å². The van der Waals surface area contributed by atoms with Crippen LogP contribution < -0.4 is 5.32 Å². The molecular weight excluding hydrogens is 178 g/mol. The van der Waals surface area contributed by atoms with Gasteiger partial charge in [0.15, 0.2) is 0 Å². The van der Waals surface area contributed by atoms with E-state index in [1.54, 1.807) is 4.68 Å². The Morgan fingerprint density at radius 1 is 1.43 bits per heavy atom. The van der Waals surface area contributed by atoms with Crippen molar-refractivity contribution in [2.75, 3.05) is 5.32 Å². The maximum atomic E-state index is 5.41. The van der Waals surface area contributed by atoms with Gasteiger partial charge in [-0.2, -0.15) is 5.10 Å². The van der Waals surface area contributed by atoms with Gasteiger partial charge in [-0.15, -0.1) is 0 Å². The molecule has 0 aromatic carbocycles. The lowest BCUT2D eigenvalue weighted by Crippen LogP contribution is -1.99. The first-order chi connectivity index (χ1) is 6.74. The molecule has 0 atom stereocenters. The maximum absolute atomic E-state index is 5.41. The molecular formula is C10H13N3O. The Bertz CT molecular complexity index is 376. The molecule has 14 heavy (non-hydrogen) atoms. The topological polar surface area (TPSA) is 43.0 Å². The van der Waals surface area contributed by atoms with Crippen LogP contribution in [0, 0.1) is 6.92 Å². The predicted octanol–water partition coefficient (Wildman–Crippen LogP) is 1.93. The van der Waals surface area contributed by atoms with E-state index in [2.05, 4.69) is 10.4 Å². The molecule has 1 N–H and O–H groups in total. The van der Waals surface area contributed by atoms with Crippen LogP contribution >= 0.6 is 0 Å². The molecule has 0 fully saturated rings. The second-order valence-electron chi connectivity index (χ2n) is 3.24. The van der Waals surface area contributed by atoms with Crippen LogP contribution in [0.2, 0.25) is 0 Å². The van der Waals surface area contributed by atoms with Crippen molar-refractivity contribution in [3.8, 4) is 0 Å². The average Bonchev–Trinajstić information content (AvgIpc) is 2.72. The Hall–Kier alpha value is -1.71. The van der Waals surface area contributed by atoms with Crippen molar-refractivity contribution in [1.82, 2.24) is 9.78 Å². The van der Waals surface area contributed by atoms with Crippen molar-refractivity contribution in [3.63, 3.8) is 0 Å². The minimum Gasteiger partial charge on any atom is -0.465 e. The van der Waals surface area contributed by atoms with E-state index >= 15 is 0 Å². The molecule has 2 aromatic rings. The summed E-state index contributed by atoms with van der Waals surface area (Å²) in [6.07, 6.45) is 1.90. The summed E-state index contributed by atoms with van der Waals surface area (Å²) in [6.45, 7) is 2.61. The van der Waals surface area contributed by atoms with E-state index in [1.807, 2.05) is 38.4 Å². The first-order valence-corrected chi connectivity index (χ1v) is 4.53. The fourth-order valence-corrected chi connectivity index (χ4v) is 1.27. The molecule has 2 heterocycles. The van der Waals surface area contributed by atoms with Crippen molar-refractivity contribution < 1.29 is 4.42 Å². The van der Waals surface area contributed by atoms with Crippen LogP contribution in [-0.2, 0) is 13.6 Å². The Balaban J connectivity index is 1.94. The van der Waals surface area contributed by atoms with Gasteiger partial charge in [0, 0.05) is 19.3 Å². The summed E-state index contributed by atoms with van der Waals surface area (Å²) >= 11 is 0. The fourth-order valence-electron chi connectivity index (χ4n) is 1.27. The highest BCUT2D eigenvalue weighted by atomic mass is 16.3. The van der Waals surface area contributed by atoms with Crippen LogP contribution in [0.4, 0.5) is 5.82 Å². The van der Waals surface area contributed by atoms with E-state index in [-0.39, 0.29) is 0 Å². The van der Waals surface area contributed by atoms with Crippen molar-refractivity contribution in [2.45, 2.75) is 13.5 Å². The molecule has 0 aliphatic carbocycles. The van der Waals surface area contributed by atoms with E-state index in [4.69, 9.17) is 4.42 Å². The molecule has 0 unspecified atom stereocenters. The number of rotatable bonds is 3. The molecule has 0 spiro atoms. The molecule has 2 rings (SSSR count). The van der Waals surface area contributed by atoms with Gasteiger partial charge in [0.05, 0.1) is 6.54 Å². The minimum atomic E-state index is 0.671. The summed E-state index contributed by atoms with van der Waals surface area (Å²) in [5.41, 5.74) is 0. The van der Waals surface area contributed by atoms with Gasteiger partial charge >= 0.3 is 0 Å². The number of hydrogen-bond acceptors (Lipinski definition) is 3. The first-order valence-electron chi connectivity index (χ1n) is 4.53. The molecule has 0 saturated heterocycles. The summed E-state index contributed by atoms with van der Waals surface area (Å²) in [5.74, 6) is 2.72. The van der Waals surface area contributed by atoms with Crippen LogP contribution in [0.3, 0.4) is 0 Å². The quantitative estimate of drug-likeness (QED) is 0.806. The van der Waals surface area contributed by atoms with Gasteiger partial charge in [0.2, 0.25) is 0 Å². The molecule has 0 amide bonds. The van der Waals surface area contributed by atoms with Crippen molar-refractivity contribution in [3.05, 3.63) is 35.9 Å². The van der Waals surface area contributed by atoms with Gasteiger partial charge in [-0.3, -0.25) is 4.68 Å². The van der Waals surface area contributed by atoms with Crippen LogP contribution in [0.15, 0.2) is 28.8 Å². The molecule has 0 aliphatic heterocycles. The summed E-state index contributed by atoms with van der Waals surface area (Å²) in [5, 5.41) is 7.37. The molecule has 0 bridgehead atoms. The van der Waals surface area contributed by atoms with Gasteiger partial charge in [0.25, 0.3) is 0 Å². The molecule has 0 saturated carbocycles. The van der Waals surface area contributed by atoms with Crippen molar-refractivity contribution >= 4 is 5.82 Å². The number of nitrogens with zero attached hydrogens (tertiary/aromatic N) is 2. The Labute approximate surface area is 82.5 Å². The lowest BCUT2D eigenvalue weighted by atomic mass is 10.4. The average molecular weight is 191 g/mol. The van der Waals surface area contributed by atoms with Gasteiger partial charge in [-0.05, 0) is 19.1 Å². The highest BCUT2D eigenvalue weighted by molar-refractivity contribution is 5.32. The van der Waals surface area contributed by atoms with E-state index < -0.39 is 0 Å². The Kier molecular flexibility index (Phi) is 2.26. The summed E-state index contributed by atoms with van der Waals surface area (Å²) in [4.78, 5) is 0. The first kappa shape index (κ1) is 8.87. The summed E-state index contributed by atoms with van der Waals surface area (Å²) < 4.78 is 7.17. The molecule has 0 radical (unpaired) electrons. The van der Waals surface area contributed by atoms with Crippen LogP contribution in [0.25, 0.3) is 0 Å². The van der Waals surface area contributed by atoms with Crippen molar-refractivity contribution in [2.24, 2.45) is 7.05 Å². The standard InChI is InChI=1S/C10H13N3O/c1-8-3-4-9(14-8)7-11-10-5-6-13(2)12-10/h3-6H,7H2,1-2H3,(H,11,12). The van der Waals surface area contributed by atoms with Crippen molar-refractivity contribution in [1.29, 1.82) is 0 Å². The summed E-state index contributed by atoms with van der Waals surface area (Å²) in [6, 6.07) is 5.84. The zero-order chi connectivity index (χ0) is 9.97. The lowest BCUT2D eigenvalue weighted by Gasteiger charge is -1.98. The third kappa shape index (κ3) is 1.96. The maximum Gasteiger partial charge on any atom is 0.148 e. The van der Waals surface area contributed by atoms with Crippen LogP contribution in [-0.4, -0.2) is 9.78 Å². The van der Waals surface area contributed by atoms with E-state index in [1.165, 1.54) is 0 Å². The zero-order valence-corrected chi connectivity index (χ0v) is 8.32. The third-order valence-electron chi connectivity index (χ3n) is 1.95. The van der Waals surface area contributed by atoms with Gasteiger partial charge in [-0.1, -0.05) is 0 Å². The SMILES string of the molecule is Cc1ccc(CNc2ccn(C)n2)o1. The zero-order valence-electron chi connectivity index (χ0n) is 8.32. The molecule has 4 nitrogen and oxygen atoms in total. The lowest BCUT2D eigenvalue weighted by molar-refractivity contribution is 0.490. The highest BCUT2D eigenvalue weighted by Gasteiger charge is 1.99.